The third-order valence-electron chi connectivity index (χ3n) is 4.71. The molecule has 0 aromatic carbocycles. The fourth-order valence-corrected chi connectivity index (χ4v) is 3.37. The molecule has 2 amide bonds. The first-order valence-electron chi connectivity index (χ1n) is 13.7. The van der Waals surface area contributed by atoms with Gasteiger partial charge in [0.15, 0.2) is 0 Å². The lowest BCUT2D eigenvalue weighted by atomic mass is 10.1. The van der Waals surface area contributed by atoms with Crippen molar-refractivity contribution >= 4 is 29.9 Å². The zero-order valence-electron chi connectivity index (χ0n) is 26.9. The highest BCUT2D eigenvalue weighted by atomic mass is 16.6. The maximum atomic E-state index is 13.5. The highest BCUT2D eigenvalue weighted by molar-refractivity contribution is 5.87. The molecular formula is C30H50N2O9. The van der Waals surface area contributed by atoms with Crippen LogP contribution in [-0.2, 0) is 38.1 Å². The number of carbonyl (C=O) groups excluding carboxylic acids is 5. The summed E-state index contributed by atoms with van der Waals surface area (Å²) in [7, 11) is 0. The van der Waals surface area contributed by atoms with Crippen LogP contribution in [0.4, 0.5) is 4.79 Å². The van der Waals surface area contributed by atoms with Crippen LogP contribution in [0.25, 0.3) is 0 Å². The van der Waals surface area contributed by atoms with Gasteiger partial charge in [-0.1, -0.05) is 5.92 Å². The number of ether oxygens (including phenoxy) is 4. The molecule has 0 heterocycles. The van der Waals surface area contributed by atoms with Crippen LogP contribution >= 0.6 is 0 Å². The summed E-state index contributed by atoms with van der Waals surface area (Å²) in [5, 5.41) is 2.47. The summed E-state index contributed by atoms with van der Waals surface area (Å²) in [5.74, 6) is -0.251. The summed E-state index contributed by atoms with van der Waals surface area (Å²) < 4.78 is 21.6. The second-order valence-electron chi connectivity index (χ2n) is 13.7. The first-order valence-corrected chi connectivity index (χ1v) is 13.7. The van der Waals surface area contributed by atoms with Crippen molar-refractivity contribution in [3.63, 3.8) is 0 Å². The predicted octanol–water partition coefficient (Wildman–Crippen LogP) is 4.30. The monoisotopic (exact) mass is 582 g/mol. The van der Waals surface area contributed by atoms with E-state index in [4.69, 9.17) is 25.4 Å². The fourth-order valence-electron chi connectivity index (χ4n) is 3.37. The number of nitrogens with one attached hydrogen (secondary N) is 1. The predicted molar refractivity (Wildman–Crippen MR) is 153 cm³/mol. The van der Waals surface area contributed by atoms with Crippen LogP contribution in [0.2, 0.25) is 0 Å². The summed E-state index contributed by atoms with van der Waals surface area (Å²) >= 11 is 0. The summed E-state index contributed by atoms with van der Waals surface area (Å²) in [6.07, 6.45) is 3.96. The largest absolute Gasteiger partial charge is 0.460 e. The number of amides is 2. The molecule has 234 valence electrons. The molecule has 41 heavy (non-hydrogen) atoms. The van der Waals surface area contributed by atoms with Crippen molar-refractivity contribution in [3.8, 4) is 12.3 Å². The van der Waals surface area contributed by atoms with Crippen molar-refractivity contribution in [1.29, 1.82) is 0 Å². The van der Waals surface area contributed by atoms with Gasteiger partial charge < -0.3 is 29.2 Å². The molecule has 0 aliphatic rings. The summed E-state index contributed by atoms with van der Waals surface area (Å²) in [5.41, 5.74) is -3.28. The van der Waals surface area contributed by atoms with Gasteiger partial charge in [0.05, 0.1) is 6.54 Å². The van der Waals surface area contributed by atoms with E-state index in [1.165, 1.54) is 0 Å². The SMILES string of the molecule is C#CCN(C(=O)CC[C@H](NC(=O)OC(C)(C)C)C(=O)OC(C)(C)C)[C@@H](CCC(=O)OC(C)(C)C)C(=O)OC(C)(C)C. The minimum atomic E-state index is -1.22. The number of hydrogen-bond donors (Lipinski definition) is 1. The Hall–Kier alpha value is -3.29. The molecule has 0 aliphatic carbocycles. The smallest absolute Gasteiger partial charge is 0.408 e. The molecule has 0 saturated heterocycles. The average Bonchev–Trinajstić information content (AvgIpc) is 2.70. The molecule has 0 spiro atoms. The molecule has 0 unspecified atom stereocenters. The van der Waals surface area contributed by atoms with Gasteiger partial charge in [-0.2, -0.15) is 0 Å². The normalized spacial score (nSPS) is 13.6. The van der Waals surface area contributed by atoms with E-state index in [0.717, 1.165) is 4.90 Å². The Morgan fingerprint density at radius 3 is 1.59 bits per heavy atom. The highest BCUT2D eigenvalue weighted by Crippen LogP contribution is 2.19. The van der Waals surface area contributed by atoms with E-state index >= 15 is 0 Å². The number of esters is 3. The number of hydrogen-bond acceptors (Lipinski definition) is 9. The van der Waals surface area contributed by atoms with Crippen molar-refractivity contribution in [2.45, 2.75) is 143 Å². The number of nitrogens with zero attached hydrogens (tertiary/aromatic N) is 1. The zero-order chi connectivity index (χ0) is 32.4. The lowest BCUT2D eigenvalue weighted by Crippen LogP contribution is -2.49. The summed E-state index contributed by atoms with van der Waals surface area (Å²) in [6.45, 7) is 20.0. The van der Waals surface area contributed by atoms with Gasteiger partial charge in [-0.05, 0) is 95.9 Å². The Morgan fingerprint density at radius 1 is 0.683 bits per heavy atom. The van der Waals surface area contributed by atoms with E-state index in [1.807, 2.05) is 0 Å². The van der Waals surface area contributed by atoms with E-state index in [-0.39, 0.29) is 32.2 Å². The lowest BCUT2D eigenvalue weighted by molar-refractivity contribution is -0.166. The van der Waals surface area contributed by atoms with Gasteiger partial charge in [0.25, 0.3) is 0 Å². The standard InChI is InChI=1S/C30H50N2O9/c1-14-19-32(21(25(36)40-29(8,9)10)16-18-23(34)38-27(2,3)4)22(33)17-15-20(24(35)39-28(5,6)7)31-26(37)41-30(11,12)13/h1,20-21H,15-19H2,2-13H3,(H,31,37)/t20-,21-/m0/s1. The van der Waals surface area contributed by atoms with Crippen molar-refractivity contribution in [2.75, 3.05) is 6.54 Å². The molecule has 0 bridgehead atoms. The molecule has 0 aromatic heterocycles. The van der Waals surface area contributed by atoms with Gasteiger partial charge >= 0.3 is 24.0 Å². The van der Waals surface area contributed by atoms with Crippen LogP contribution in [0.5, 0.6) is 0 Å². The minimum Gasteiger partial charge on any atom is -0.460 e. The molecule has 0 aromatic rings. The van der Waals surface area contributed by atoms with Crippen molar-refractivity contribution < 1.29 is 42.9 Å². The maximum absolute atomic E-state index is 13.5. The minimum absolute atomic E-state index is 0.0943. The maximum Gasteiger partial charge on any atom is 0.408 e. The van der Waals surface area contributed by atoms with E-state index in [9.17, 15) is 24.0 Å². The van der Waals surface area contributed by atoms with Crippen LogP contribution in [0.15, 0.2) is 0 Å². The second kappa shape index (κ2) is 15.1. The number of rotatable bonds is 11. The molecule has 11 heteroatoms. The Labute approximate surface area is 245 Å². The molecular weight excluding hydrogens is 532 g/mol. The van der Waals surface area contributed by atoms with E-state index in [2.05, 4.69) is 11.2 Å². The summed E-state index contributed by atoms with van der Waals surface area (Å²) in [4.78, 5) is 65.5. The topological polar surface area (TPSA) is 138 Å². The van der Waals surface area contributed by atoms with E-state index in [1.54, 1.807) is 83.1 Å². The van der Waals surface area contributed by atoms with Gasteiger partial charge in [0.1, 0.15) is 34.5 Å². The first kappa shape index (κ1) is 37.7. The Balaban J connectivity index is 6.00. The molecule has 0 fully saturated rings. The lowest BCUT2D eigenvalue weighted by Gasteiger charge is -2.32. The molecule has 0 rings (SSSR count). The van der Waals surface area contributed by atoms with Crippen molar-refractivity contribution in [1.82, 2.24) is 10.2 Å². The Kier molecular flexibility index (Phi) is 13.9. The average molecular weight is 583 g/mol. The van der Waals surface area contributed by atoms with Crippen LogP contribution in [-0.4, -0.2) is 75.8 Å². The molecule has 11 nitrogen and oxygen atoms in total. The van der Waals surface area contributed by atoms with Crippen molar-refractivity contribution in [2.24, 2.45) is 0 Å². The summed E-state index contributed by atoms with van der Waals surface area (Å²) in [6, 6.07) is -2.41. The van der Waals surface area contributed by atoms with Crippen LogP contribution < -0.4 is 5.32 Å². The van der Waals surface area contributed by atoms with Gasteiger partial charge in [-0.3, -0.25) is 9.59 Å². The highest BCUT2D eigenvalue weighted by Gasteiger charge is 2.35. The molecule has 0 aliphatic heterocycles. The van der Waals surface area contributed by atoms with Crippen LogP contribution in [0.1, 0.15) is 109 Å². The Morgan fingerprint density at radius 2 is 1.15 bits per heavy atom. The zero-order valence-corrected chi connectivity index (χ0v) is 26.9. The third-order valence-corrected chi connectivity index (χ3v) is 4.71. The van der Waals surface area contributed by atoms with Crippen LogP contribution in [0, 0.1) is 12.3 Å². The van der Waals surface area contributed by atoms with E-state index < -0.39 is 64.4 Å². The molecule has 0 radical (unpaired) electrons. The Bertz CT molecular complexity index is 970. The van der Waals surface area contributed by atoms with Gasteiger partial charge in [0, 0.05) is 12.8 Å². The van der Waals surface area contributed by atoms with Gasteiger partial charge in [-0.15, -0.1) is 6.42 Å². The molecule has 0 saturated carbocycles. The number of carbonyl (C=O) groups is 5. The van der Waals surface area contributed by atoms with E-state index in [0.29, 0.717) is 0 Å². The number of alkyl carbamates (subject to hydrolysis) is 1. The molecule has 2 atom stereocenters. The second-order valence-corrected chi connectivity index (χ2v) is 13.7. The first-order chi connectivity index (χ1) is 18.3. The van der Waals surface area contributed by atoms with Crippen LogP contribution in [0.3, 0.4) is 0 Å². The van der Waals surface area contributed by atoms with Gasteiger partial charge in [0.2, 0.25) is 5.91 Å². The molecule has 1 N–H and O–H groups in total. The third kappa shape index (κ3) is 17.9. The fraction of sp³-hybridized carbons (Fsp3) is 0.767. The van der Waals surface area contributed by atoms with Crippen molar-refractivity contribution in [3.05, 3.63) is 0 Å². The van der Waals surface area contributed by atoms with Gasteiger partial charge in [-0.25, -0.2) is 14.4 Å². The quantitative estimate of drug-likeness (QED) is 0.215. The number of terminal acetylenes is 1.